The van der Waals surface area contributed by atoms with Gasteiger partial charge < -0.3 is 18.6 Å². The Kier molecular flexibility index (Phi) is 5.77. The van der Waals surface area contributed by atoms with Crippen LogP contribution in [0.5, 0.6) is 17.2 Å². The molecule has 0 aliphatic carbocycles. The lowest BCUT2D eigenvalue weighted by Gasteiger charge is -2.23. The number of thioether (sulfide) groups is 1. The molecule has 0 saturated carbocycles. The number of thiazole rings is 1. The van der Waals surface area contributed by atoms with Gasteiger partial charge >= 0.3 is 0 Å². The normalized spacial score (nSPS) is 15.1. The number of nitrogens with zero attached hydrogens (tertiary/aromatic N) is 3. The van der Waals surface area contributed by atoms with Gasteiger partial charge in [-0.1, -0.05) is 41.6 Å². The number of benzene rings is 2. The molecule has 5 rings (SSSR count). The van der Waals surface area contributed by atoms with E-state index in [1.54, 1.807) is 11.3 Å². The standard InChI is InChI=1S/C22H19N3O4S2/c1-14-6-8-16(9-7-14)26-11-20-23-15(12-30-20)13-31-22-25-24-21(29-22)19-10-27-17-4-2-3-5-18(17)28-19/h2-9,12,19H,10-11,13H2,1H3. The molecule has 1 atom stereocenters. The molecule has 1 unspecified atom stereocenters. The number of para-hydroxylation sites is 2. The van der Waals surface area contributed by atoms with Crippen molar-refractivity contribution in [3.05, 3.63) is 76.1 Å². The number of hydrogen-bond donors (Lipinski definition) is 0. The van der Waals surface area contributed by atoms with Crippen LogP contribution in [0.3, 0.4) is 0 Å². The summed E-state index contributed by atoms with van der Waals surface area (Å²) < 4.78 is 23.2. The zero-order chi connectivity index (χ0) is 21.0. The van der Waals surface area contributed by atoms with Crippen molar-refractivity contribution >= 4 is 23.1 Å². The third-order valence-corrected chi connectivity index (χ3v) is 6.26. The van der Waals surface area contributed by atoms with Crippen LogP contribution in [-0.4, -0.2) is 21.8 Å². The molecule has 0 radical (unpaired) electrons. The molecule has 2 aromatic heterocycles. The van der Waals surface area contributed by atoms with Crippen molar-refractivity contribution < 1.29 is 18.6 Å². The van der Waals surface area contributed by atoms with Gasteiger partial charge in [0.2, 0.25) is 6.10 Å². The second kappa shape index (κ2) is 8.99. The molecule has 9 heteroatoms. The summed E-state index contributed by atoms with van der Waals surface area (Å²) in [5.41, 5.74) is 2.15. The molecule has 0 bridgehead atoms. The highest BCUT2D eigenvalue weighted by atomic mass is 32.2. The fourth-order valence-electron chi connectivity index (χ4n) is 2.95. The van der Waals surface area contributed by atoms with E-state index >= 15 is 0 Å². The van der Waals surface area contributed by atoms with Crippen LogP contribution in [0, 0.1) is 6.92 Å². The highest BCUT2D eigenvalue weighted by molar-refractivity contribution is 7.98. The van der Waals surface area contributed by atoms with E-state index in [0.29, 0.717) is 35.8 Å². The van der Waals surface area contributed by atoms with E-state index in [2.05, 4.69) is 22.1 Å². The maximum atomic E-state index is 5.91. The monoisotopic (exact) mass is 453 g/mol. The SMILES string of the molecule is Cc1ccc(OCc2nc(CSc3nnc(C4COc5ccccc5O4)o3)cs2)cc1. The van der Waals surface area contributed by atoms with Gasteiger partial charge in [0.05, 0.1) is 5.69 Å². The molecular weight excluding hydrogens is 434 g/mol. The van der Waals surface area contributed by atoms with E-state index in [1.807, 2.05) is 53.9 Å². The average Bonchev–Trinajstić information content (AvgIpc) is 3.47. The molecule has 7 nitrogen and oxygen atoms in total. The molecule has 1 aliphatic rings. The van der Waals surface area contributed by atoms with Gasteiger partial charge in [-0.25, -0.2) is 4.98 Å². The Bertz CT molecular complexity index is 1160. The van der Waals surface area contributed by atoms with Gasteiger partial charge in [-0.2, -0.15) is 0 Å². The van der Waals surface area contributed by atoms with Crippen LogP contribution in [0.2, 0.25) is 0 Å². The molecule has 3 heterocycles. The van der Waals surface area contributed by atoms with Crippen LogP contribution in [0.4, 0.5) is 0 Å². The minimum Gasteiger partial charge on any atom is -0.486 e. The summed E-state index contributed by atoms with van der Waals surface area (Å²) in [5, 5.41) is 11.7. The smallest absolute Gasteiger partial charge is 0.277 e. The number of aryl methyl sites for hydroxylation is 1. The van der Waals surface area contributed by atoms with Gasteiger partial charge in [0.1, 0.15) is 24.0 Å². The van der Waals surface area contributed by atoms with Crippen LogP contribution in [0.15, 0.2) is 63.6 Å². The molecule has 0 spiro atoms. The maximum absolute atomic E-state index is 5.91. The van der Waals surface area contributed by atoms with Crippen molar-refractivity contribution in [2.75, 3.05) is 6.61 Å². The Balaban J connectivity index is 1.14. The van der Waals surface area contributed by atoms with E-state index in [-0.39, 0.29) is 0 Å². The first-order valence-electron chi connectivity index (χ1n) is 9.70. The molecular formula is C22H19N3O4S2. The van der Waals surface area contributed by atoms with Crippen molar-refractivity contribution in [2.24, 2.45) is 0 Å². The largest absolute Gasteiger partial charge is 0.486 e. The number of fused-ring (bicyclic) bond motifs is 1. The number of rotatable bonds is 7. The lowest BCUT2D eigenvalue weighted by molar-refractivity contribution is 0.0686. The Morgan fingerprint density at radius 3 is 2.81 bits per heavy atom. The highest BCUT2D eigenvalue weighted by Crippen LogP contribution is 2.36. The summed E-state index contributed by atoms with van der Waals surface area (Å²) in [6, 6.07) is 15.5. The topological polar surface area (TPSA) is 79.5 Å². The van der Waals surface area contributed by atoms with E-state index in [0.717, 1.165) is 22.2 Å². The summed E-state index contributed by atoms with van der Waals surface area (Å²) in [5.74, 6) is 3.27. The summed E-state index contributed by atoms with van der Waals surface area (Å²) in [6.07, 6.45) is -0.415. The van der Waals surface area contributed by atoms with Crippen molar-refractivity contribution in [3.63, 3.8) is 0 Å². The first kappa shape index (κ1) is 19.9. The Morgan fingerprint density at radius 1 is 1.10 bits per heavy atom. The first-order valence-corrected chi connectivity index (χ1v) is 11.6. The lowest BCUT2D eigenvalue weighted by Crippen LogP contribution is -2.21. The van der Waals surface area contributed by atoms with E-state index in [4.69, 9.17) is 18.6 Å². The molecule has 1 aliphatic heterocycles. The molecule has 158 valence electrons. The van der Waals surface area contributed by atoms with Gasteiger partial charge in [0.15, 0.2) is 11.5 Å². The quantitative estimate of drug-likeness (QED) is 0.353. The Labute approximate surface area is 187 Å². The minimum absolute atomic E-state index is 0.333. The number of aromatic nitrogens is 3. The van der Waals surface area contributed by atoms with Crippen LogP contribution >= 0.6 is 23.1 Å². The Hall–Kier alpha value is -3.04. The third kappa shape index (κ3) is 4.83. The molecule has 4 aromatic rings. The van der Waals surface area contributed by atoms with Crippen molar-refractivity contribution in [1.82, 2.24) is 15.2 Å². The molecule has 0 saturated heterocycles. The van der Waals surface area contributed by atoms with Crippen LogP contribution in [0.1, 0.15) is 28.3 Å². The summed E-state index contributed by atoms with van der Waals surface area (Å²) in [6.45, 7) is 2.83. The minimum atomic E-state index is -0.415. The third-order valence-electron chi connectivity index (χ3n) is 4.53. The van der Waals surface area contributed by atoms with E-state index < -0.39 is 6.10 Å². The second-order valence-corrected chi connectivity index (χ2v) is 8.76. The average molecular weight is 454 g/mol. The first-order chi connectivity index (χ1) is 15.2. The van der Waals surface area contributed by atoms with Crippen molar-refractivity contribution in [3.8, 4) is 17.2 Å². The lowest BCUT2D eigenvalue weighted by atomic mass is 10.2. The van der Waals surface area contributed by atoms with Gasteiger partial charge in [-0.05, 0) is 31.2 Å². The van der Waals surface area contributed by atoms with Gasteiger partial charge in [-0.15, -0.1) is 21.5 Å². The predicted molar refractivity (Wildman–Crippen MR) is 117 cm³/mol. The number of hydrogen-bond acceptors (Lipinski definition) is 9. The Morgan fingerprint density at radius 2 is 1.94 bits per heavy atom. The van der Waals surface area contributed by atoms with E-state index in [1.165, 1.54) is 17.3 Å². The molecule has 2 aromatic carbocycles. The fourth-order valence-corrected chi connectivity index (χ4v) is 4.42. The second-order valence-electron chi connectivity index (χ2n) is 6.89. The molecule has 0 fully saturated rings. The molecule has 0 N–H and O–H groups in total. The molecule has 0 amide bonds. The zero-order valence-corrected chi connectivity index (χ0v) is 18.3. The van der Waals surface area contributed by atoms with Gasteiger partial charge in [-0.3, -0.25) is 0 Å². The van der Waals surface area contributed by atoms with Gasteiger partial charge in [0.25, 0.3) is 11.1 Å². The predicted octanol–water partition coefficient (Wildman–Crippen LogP) is 5.22. The fraction of sp³-hybridized carbons (Fsp3) is 0.227. The van der Waals surface area contributed by atoms with E-state index in [9.17, 15) is 0 Å². The zero-order valence-electron chi connectivity index (χ0n) is 16.7. The van der Waals surface area contributed by atoms with Crippen molar-refractivity contribution in [2.45, 2.75) is 30.6 Å². The highest BCUT2D eigenvalue weighted by Gasteiger charge is 2.27. The number of ether oxygens (including phenoxy) is 3. The van der Waals surface area contributed by atoms with Crippen LogP contribution in [0.25, 0.3) is 0 Å². The van der Waals surface area contributed by atoms with Crippen LogP contribution < -0.4 is 14.2 Å². The maximum Gasteiger partial charge on any atom is 0.277 e. The summed E-state index contributed by atoms with van der Waals surface area (Å²) >= 11 is 3.02. The van der Waals surface area contributed by atoms with Gasteiger partial charge in [0, 0.05) is 11.1 Å². The molecule has 31 heavy (non-hydrogen) atoms. The summed E-state index contributed by atoms with van der Waals surface area (Å²) in [7, 11) is 0. The summed E-state index contributed by atoms with van der Waals surface area (Å²) in [4.78, 5) is 4.62. The van der Waals surface area contributed by atoms with Crippen molar-refractivity contribution in [1.29, 1.82) is 0 Å². The van der Waals surface area contributed by atoms with Crippen LogP contribution in [-0.2, 0) is 12.4 Å².